The number of guanidine groups is 1. The van der Waals surface area contributed by atoms with Gasteiger partial charge in [0, 0.05) is 13.2 Å². The molecule has 1 atom stereocenters. The van der Waals surface area contributed by atoms with E-state index in [-0.39, 0.29) is 6.10 Å². The van der Waals surface area contributed by atoms with Gasteiger partial charge in [0.05, 0.1) is 12.6 Å². The zero-order valence-electron chi connectivity index (χ0n) is 7.71. The molecule has 0 spiro atoms. The third-order valence-corrected chi connectivity index (χ3v) is 1.85. The largest absolute Gasteiger partial charge is 0.380 e. The molecule has 1 unspecified atom stereocenters. The Morgan fingerprint density at radius 3 is 2.92 bits per heavy atom. The van der Waals surface area contributed by atoms with Gasteiger partial charge in [0.2, 0.25) is 0 Å². The zero-order valence-corrected chi connectivity index (χ0v) is 7.71. The average Bonchev–Trinajstić information content (AvgIpc) is 2.84. The molecule has 1 saturated carbocycles. The van der Waals surface area contributed by atoms with Crippen LogP contribution in [0.25, 0.3) is 0 Å². The molecule has 1 rings (SSSR count). The second-order valence-electron chi connectivity index (χ2n) is 3.19. The Hall–Kier alpha value is -0.770. The van der Waals surface area contributed by atoms with E-state index < -0.39 is 0 Å². The van der Waals surface area contributed by atoms with Gasteiger partial charge in [-0.25, -0.2) is 0 Å². The van der Waals surface area contributed by atoms with Crippen LogP contribution in [0.3, 0.4) is 0 Å². The molecule has 0 heterocycles. The summed E-state index contributed by atoms with van der Waals surface area (Å²) in [5.41, 5.74) is 5.60. The van der Waals surface area contributed by atoms with Crippen LogP contribution in [0.2, 0.25) is 0 Å². The van der Waals surface area contributed by atoms with Crippen LogP contribution in [0, 0.1) is 0 Å². The van der Waals surface area contributed by atoms with Gasteiger partial charge in [0.25, 0.3) is 0 Å². The third-order valence-electron chi connectivity index (χ3n) is 1.85. The van der Waals surface area contributed by atoms with E-state index in [0.717, 1.165) is 0 Å². The molecule has 0 aromatic carbocycles. The summed E-state index contributed by atoms with van der Waals surface area (Å²) in [7, 11) is 1.67. The molecular weight excluding hydrogens is 154 g/mol. The molecule has 4 nitrogen and oxygen atoms in total. The lowest BCUT2D eigenvalue weighted by Gasteiger charge is -2.07. The van der Waals surface area contributed by atoms with Crippen LogP contribution in [0.5, 0.6) is 0 Å². The number of rotatable bonds is 4. The average molecular weight is 171 g/mol. The first-order valence-corrected chi connectivity index (χ1v) is 4.31. The molecule has 4 heteroatoms. The maximum absolute atomic E-state index is 5.60. The van der Waals surface area contributed by atoms with Gasteiger partial charge in [-0.05, 0) is 19.8 Å². The summed E-state index contributed by atoms with van der Waals surface area (Å²) in [5.74, 6) is 0.543. The Bertz CT molecular complexity index is 166. The van der Waals surface area contributed by atoms with Crippen LogP contribution in [-0.4, -0.2) is 31.8 Å². The Balaban J connectivity index is 2.14. The molecule has 3 N–H and O–H groups in total. The lowest BCUT2D eigenvalue weighted by atomic mass is 10.4. The first kappa shape index (κ1) is 9.32. The topological polar surface area (TPSA) is 59.6 Å². The van der Waals surface area contributed by atoms with E-state index in [4.69, 9.17) is 10.5 Å². The molecule has 0 amide bonds. The predicted octanol–water partition coefficient (Wildman–Crippen LogP) is 0.0880. The van der Waals surface area contributed by atoms with Crippen molar-refractivity contribution in [1.82, 2.24) is 5.32 Å². The number of ether oxygens (including phenoxy) is 1. The van der Waals surface area contributed by atoms with Crippen molar-refractivity contribution < 1.29 is 4.74 Å². The highest BCUT2D eigenvalue weighted by Crippen LogP contribution is 2.17. The summed E-state index contributed by atoms with van der Waals surface area (Å²) in [4.78, 5) is 4.13. The van der Waals surface area contributed by atoms with Gasteiger partial charge in [0.1, 0.15) is 0 Å². The highest BCUT2D eigenvalue weighted by Gasteiger charge is 2.21. The lowest BCUT2D eigenvalue weighted by Crippen LogP contribution is -2.34. The molecule has 12 heavy (non-hydrogen) atoms. The fraction of sp³-hybridized carbons (Fsp3) is 0.875. The Morgan fingerprint density at radius 1 is 1.75 bits per heavy atom. The molecular formula is C8H17N3O. The predicted molar refractivity (Wildman–Crippen MR) is 49.1 cm³/mol. The molecule has 1 fully saturated rings. The van der Waals surface area contributed by atoms with Crippen LogP contribution < -0.4 is 11.1 Å². The van der Waals surface area contributed by atoms with Crippen molar-refractivity contribution in [2.24, 2.45) is 10.7 Å². The molecule has 1 aliphatic carbocycles. The summed E-state index contributed by atoms with van der Waals surface area (Å²) >= 11 is 0. The maximum atomic E-state index is 5.60. The second-order valence-corrected chi connectivity index (χ2v) is 3.19. The van der Waals surface area contributed by atoms with Crippen molar-refractivity contribution in [2.45, 2.75) is 31.9 Å². The summed E-state index contributed by atoms with van der Waals surface area (Å²) in [6.07, 6.45) is 2.58. The Labute approximate surface area is 73.2 Å². The molecule has 0 aliphatic heterocycles. The van der Waals surface area contributed by atoms with Gasteiger partial charge in [-0.15, -0.1) is 0 Å². The quantitative estimate of drug-likeness (QED) is 0.465. The Morgan fingerprint density at radius 2 is 2.42 bits per heavy atom. The molecule has 0 aromatic rings. The highest BCUT2D eigenvalue weighted by atomic mass is 16.5. The van der Waals surface area contributed by atoms with Crippen molar-refractivity contribution in [3.8, 4) is 0 Å². The fourth-order valence-electron chi connectivity index (χ4n) is 0.784. The molecule has 1 aliphatic rings. The highest BCUT2D eigenvalue weighted by molar-refractivity contribution is 5.78. The van der Waals surface area contributed by atoms with Crippen LogP contribution >= 0.6 is 0 Å². The van der Waals surface area contributed by atoms with E-state index in [1.54, 1.807) is 7.11 Å². The number of nitrogens with two attached hydrogens (primary N) is 1. The first-order chi connectivity index (χ1) is 5.72. The van der Waals surface area contributed by atoms with Crippen LogP contribution in [0.4, 0.5) is 0 Å². The van der Waals surface area contributed by atoms with Crippen LogP contribution in [0.1, 0.15) is 19.8 Å². The Kier molecular flexibility index (Phi) is 3.34. The summed E-state index contributed by atoms with van der Waals surface area (Å²) in [6, 6.07) is 0.576. The zero-order chi connectivity index (χ0) is 8.97. The minimum Gasteiger partial charge on any atom is -0.380 e. The van der Waals surface area contributed by atoms with Crippen molar-refractivity contribution in [3.05, 3.63) is 0 Å². The molecule has 0 bridgehead atoms. The van der Waals surface area contributed by atoms with Crippen molar-refractivity contribution in [2.75, 3.05) is 13.7 Å². The van der Waals surface area contributed by atoms with E-state index in [1.165, 1.54) is 12.8 Å². The van der Waals surface area contributed by atoms with Gasteiger partial charge >= 0.3 is 0 Å². The molecule has 0 aromatic heterocycles. The summed E-state index contributed by atoms with van der Waals surface area (Å²) < 4.78 is 5.03. The number of nitrogens with one attached hydrogen (secondary N) is 1. The van der Waals surface area contributed by atoms with E-state index in [0.29, 0.717) is 18.5 Å². The number of methoxy groups -OCH3 is 1. The normalized spacial score (nSPS) is 20.7. The fourth-order valence-corrected chi connectivity index (χ4v) is 0.784. The molecule has 0 radical (unpaired) electrons. The summed E-state index contributed by atoms with van der Waals surface area (Å²) in [5, 5.41) is 3.11. The van der Waals surface area contributed by atoms with Gasteiger partial charge < -0.3 is 15.8 Å². The number of hydrogen-bond acceptors (Lipinski definition) is 2. The van der Waals surface area contributed by atoms with Gasteiger partial charge in [-0.2, -0.15) is 0 Å². The van der Waals surface area contributed by atoms with E-state index in [1.807, 2.05) is 6.92 Å². The SMILES string of the molecule is COC(C)CN=C(N)NC1CC1. The van der Waals surface area contributed by atoms with Crippen LogP contribution in [-0.2, 0) is 4.74 Å². The number of nitrogens with zero attached hydrogens (tertiary/aromatic N) is 1. The van der Waals surface area contributed by atoms with Crippen molar-refractivity contribution in [1.29, 1.82) is 0 Å². The smallest absolute Gasteiger partial charge is 0.188 e. The van der Waals surface area contributed by atoms with E-state index in [9.17, 15) is 0 Å². The second kappa shape index (κ2) is 4.30. The standard InChI is InChI=1S/C8H17N3O/c1-6(12-2)5-10-8(9)11-7-3-4-7/h6-7H,3-5H2,1-2H3,(H3,9,10,11). The lowest BCUT2D eigenvalue weighted by molar-refractivity contribution is 0.125. The maximum Gasteiger partial charge on any atom is 0.188 e. The molecule has 0 saturated heterocycles. The third kappa shape index (κ3) is 3.57. The van der Waals surface area contributed by atoms with Crippen molar-refractivity contribution >= 4 is 5.96 Å². The number of aliphatic imine (C=N–C) groups is 1. The summed E-state index contributed by atoms with van der Waals surface area (Å²) in [6.45, 7) is 2.59. The van der Waals surface area contributed by atoms with Gasteiger partial charge in [-0.1, -0.05) is 0 Å². The minimum atomic E-state index is 0.143. The van der Waals surface area contributed by atoms with Crippen LogP contribution in [0.15, 0.2) is 4.99 Å². The van der Waals surface area contributed by atoms with Crippen molar-refractivity contribution in [3.63, 3.8) is 0 Å². The number of hydrogen-bond donors (Lipinski definition) is 2. The van der Waals surface area contributed by atoms with E-state index >= 15 is 0 Å². The first-order valence-electron chi connectivity index (χ1n) is 4.31. The monoisotopic (exact) mass is 171 g/mol. The molecule has 70 valence electrons. The van der Waals surface area contributed by atoms with E-state index in [2.05, 4.69) is 10.3 Å². The van der Waals surface area contributed by atoms with Gasteiger partial charge in [0.15, 0.2) is 5.96 Å². The van der Waals surface area contributed by atoms with Gasteiger partial charge in [-0.3, -0.25) is 4.99 Å². The minimum absolute atomic E-state index is 0.143.